The van der Waals surface area contributed by atoms with Crippen LogP contribution in [0.3, 0.4) is 0 Å². The average Bonchev–Trinajstić information content (AvgIpc) is 3.14. The van der Waals surface area contributed by atoms with Crippen molar-refractivity contribution in [1.29, 1.82) is 0 Å². The summed E-state index contributed by atoms with van der Waals surface area (Å²) in [6.45, 7) is 2.58. The zero-order chi connectivity index (χ0) is 23.9. The van der Waals surface area contributed by atoms with E-state index in [1.807, 2.05) is 6.07 Å². The number of urea groups is 1. The number of rotatable bonds is 5. The van der Waals surface area contributed by atoms with Crippen molar-refractivity contribution >= 4 is 23.5 Å². The number of carbonyl (C=O) groups excluding carboxylic acids is 3. The van der Waals surface area contributed by atoms with Crippen molar-refractivity contribution in [1.82, 2.24) is 19.6 Å². The van der Waals surface area contributed by atoms with Crippen LogP contribution in [0.2, 0.25) is 0 Å². The van der Waals surface area contributed by atoms with Gasteiger partial charge < -0.3 is 10.6 Å². The molecular formula is C23H22FN5O4. The summed E-state index contributed by atoms with van der Waals surface area (Å²) in [6, 6.07) is 13.3. The quantitative estimate of drug-likeness (QED) is 0.579. The van der Waals surface area contributed by atoms with Crippen LogP contribution >= 0.6 is 0 Å². The summed E-state index contributed by atoms with van der Waals surface area (Å²) in [5.74, 6) is -1.83. The number of hydrogen-bond acceptors (Lipinski definition) is 4. The molecule has 1 saturated heterocycles. The number of nitrogens with one attached hydrogen (secondary N) is 2. The predicted octanol–water partition coefficient (Wildman–Crippen LogP) is 2.03. The fourth-order valence-electron chi connectivity index (χ4n) is 3.85. The molecule has 2 N–H and O–H groups in total. The summed E-state index contributed by atoms with van der Waals surface area (Å²) in [5.41, 5.74) is -0.311. The second-order valence-electron chi connectivity index (χ2n) is 7.94. The Morgan fingerprint density at radius 1 is 1.06 bits per heavy atom. The van der Waals surface area contributed by atoms with Crippen LogP contribution in [-0.2, 0) is 22.2 Å². The van der Waals surface area contributed by atoms with Gasteiger partial charge in [-0.2, -0.15) is 0 Å². The highest BCUT2D eigenvalue weighted by molar-refractivity contribution is 6.10. The molecule has 1 aliphatic rings. The van der Waals surface area contributed by atoms with Crippen molar-refractivity contribution in [3.05, 3.63) is 82.0 Å². The van der Waals surface area contributed by atoms with Gasteiger partial charge in [-0.1, -0.05) is 30.3 Å². The van der Waals surface area contributed by atoms with Crippen LogP contribution in [0.15, 0.2) is 59.4 Å². The highest BCUT2D eigenvalue weighted by Gasteiger charge is 2.49. The number of halogens is 1. The van der Waals surface area contributed by atoms with E-state index in [1.54, 1.807) is 42.9 Å². The maximum atomic E-state index is 13.3. The number of benzene rings is 2. The van der Waals surface area contributed by atoms with Gasteiger partial charge in [0.15, 0.2) is 0 Å². The van der Waals surface area contributed by atoms with Gasteiger partial charge in [-0.15, -0.1) is 0 Å². The van der Waals surface area contributed by atoms with Gasteiger partial charge in [0.2, 0.25) is 5.91 Å². The molecule has 1 atom stereocenters. The third-order valence-corrected chi connectivity index (χ3v) is 5.82. The number of amides is 4. The highest BCUT2D eigenvalue weighted by atomic mass is 19.1. The smallest absolute Gasteiger partial charge is 0.319 e. The zero-order valence-electron chi connectivity index (χ0n) is 18.3. The first-order chi connectivity index (χ1) is 15.6. The lowest BCUT2D eigenvalue weighted by molar-refractivity contribution is -0.133. The van der Waals surface area contributed by atoms with Crippen molar-refractivity contribution < 1.29 is 18.8 Å². The molecule has 0 aliphatic carbocycles. The largest absolute Gasteiger partial charge is 0.325 e. The Morgan fingerprint density at radius 2 is 1.70 bits per heavy atom. The van der Waals surface area contributed by atoms with Gasteiger partial charge in [0.1, 0.15) is 23.6 Å². The summed E-state index contributed by atoms with van der Waals surface area (Å²) in [6.07, 6.45) is 0. The molecule has 9 nitrogen and oxygen atoms in total. The fourth-order valence-corrected chi connectivity index (χ4v) is 3.85. The Hall–Kier alpha value is -4.21. The molecular weight excluding hydrogens is 429 g/mol. The van der Waals surface area contributed by atoms with Gasteiger partial charge in [0.05, 0.1) is 11.4 Å². The number of imide groups is 1. The van der Waals surface area contributed by atoms with Crippen LogP contribution in [0.1, 0.15) is 18.2 Å². The molecule has 10 heteroatoms. The molecule has 2 aromatic carbocycles. The minimum atomic E-state index is -1.44. The molecule has 1 fully saturated rings. The molecule has 170 valence electrons. The van der Waals surface area contributed by atoms with Gasteiger partial charge in [-0.05, 0) is 43.7 Å². The lowest BCUT2D eigenvalue weighted by Crippen LogP contribution is -2.42. The maximum absolute atomic E-state index is 13.3. The van der Waals surface area contributed by atoms with Crippen molar-refractivity contribution in [2.75, 3.05) is 11.9 Å². The monoisotopic (exact) mass is 451 g/mol. The van der Waals surface area contributed by atoms with E-state index >= 15 is 0 Å². The van der Waals surface area contributed by atoms with E-state index in [2.05, 4.69) is 10.6 Å². The van der Waals surface area contributed by atoms with Gasteiger partial charge in [-0.25, -0.2) is 13.9 Å². The lowest BCUT2D eigenvalue weighted by Gasteiger charge is -2.22. The molecule has 0 saturated carbocycles. The summed E-state index contributed by atoms with van der Waals surface area (Å²) in [5, 5.41) is 5.09. The first-order valence-electron chi connectivity index (χ1n) is 10.2. The molecule has 0 spiro atoms. The molecule has 0 radical (unpaired) electrons. The SMILES string of the molecule is Cc1c(NC(=O)CN2C(=O)N[C@@](C)(c3ccc(F)cc3)C2=O)c(=O)n(-c2ccccc2)n1C. The van der Waals surface area contributed by atoms with Gasteiger partial charge in [0.25, 0.3) is 11.5 Å². The summed E-state index contributed by atoms with van der Waals surface area (Å²) in [4.78, 5) is 51.9. The molecule has 3 aromatic rings. The molecule has 4 rings (SSSR count). The second kappa shape index (κ2) is 8.05. The van der Waals surface area contributed by atoms with Crippen molar-refractivity contribution in [2.45, 2.75) is 19.4 Å². The first kappa shape index (κ1) is 22.0. The average molecular weight is 451 g/mol. The summed E-state index contributed by atoms with van der Waals surface area (Å²) in [7, 11) is 1.69. The minimum absolute atomic E-state index is 0.0553. The van der Waals surface area contributed by atoms with E-state index in [0.717, 1.165) is 4.90 Å². The molecule has 1 aromatic heterocycles. The number of hydrogen-bond donors (Lipinski definition) is 2. The van der Waals surface area contributed by atoms with E-state index in [1.165, 1.54) is 35.9 Å². The van der Waals surface area contributed by atoms with Crippen molar-refractivity contribution in [3.63, 3.8) is 0 Å². The van der Waals surface area contributed by atoms with E-state index < -0.39 is 41.3 Å². The third-order valence-electron chi connectivity index (χ3n) is 5.82. The summed E-state index contributed by atoms with van der Waals surface area (Å²) >= 11 is 0. The Bertz CT molecular complexity index is 1310. The Morgan fingerprint density at radius 3 is 2.33 bits per heavy atom. The number of aromatic nitrogens is 2. The molecule has 2 heterocycles. The standard InChI is InChI=1S/C23H22FN5O4/c1-14-19(20(31)29(27(14)3)17-7-5-4-6-8-17)25-18(30)13-28-21(32)23(2,26-22(28)33)15-9-11-16(24)12-10-15/h4-12H,13H2,1-3H3,(H,25,30)(H,26,33)/t23-/m0/s1. The predicted molar refractivity (Wildman–Crippen MR) is 118 cm³/mol. The number of carbonyl (C=O) groups is 3. The van der Waals surface area contributed by atoms with Crippen LogP contribution in [0.5, 0.6) is 0 Å². The van der Waals surface area contributed by atoms with Crippen molar-refractivity contribution in [2.24, 2.45) is 7.05 Å². The molecule has 0 unspecified atom stereocenters. The zero-order valence-corrected chi connectivity index (χ0v) is 18.3. The van der Waals surface area contributed by atoms with E-state index in [0.29, 0.717) is 16.9 Å². The van der Waals surface area contributed by atoms with Crippen LogP contribution in [0, 0.1) is 12.7 Å². The third kappa shape index (κ3) is 3.69. The van der Waals surface area contributed by atoms with Gasteiger partial charge >= 0.3 is 6.03 Å². The topological polar surface area (TPSA) is 105 Å². The van der Waals surface area contributed by atoms with Crippen LogP contribution in [0.25, 0.3) is 5.69 Å². The molecule has 0 bridgehead atoms. The Labute approximate surface area is 188 Å². The van der Waals surface area contributed by atoms with E-state index in [4.69, 9.17) is 0 Å². The lowest BCUT2D eigenvalue weighted by atomic mass is 9.92. The van der Waals surface area contributed by atoms with Gasteiger partial charge in [-0.3, -0.25) is 24.0 Å². The van der Waals surface area contributed by atoms with Gasteiger partial charge in [0, 0.05) is 7.05 Å². The normalized spacial score (nSPS) is 17.9. The summed E-state index contributed by atoms with van der Waals surface area (Å²) < 4.78 is 16.3. The van der Waals surface area contributed by atoms with Crippen LogP contribution in [0.4, 0.5) is 14.9 Å². The molecule has 33 heavy (non-hydrogen) atoms. The Kier molecular flexibility index (Phi) is 5.36. The Balaban J connectivity index is 1.55. The second-order valence-corrected chi connectivity index (χ2v) is 7.94. The first-order valence-corrected chi connectivity index (χ1v) is 10.2. The number of anilines is 1. The van der Waals surface area contributed by atoms with Crippen molar-refractivity contribution in [3.8, 4) is 5.69 Å². The number of para-hydroxylation sites is 1. The van der Waals surface area contributed by atoms with E-state index in [-0.39, 0.29) is 5.69 Å². The highest BCUT2D eigenvalue weighted by Crippen LogP contribution is 2.29. The fraction of sp³-hybridized carbons (Fsp3) is 0.217. The minimum Gasteiger partial charge on any atom is -0.319 e. The van der Waals surface area contributed by atoms with Crippen LogP contribution < -0.4 is 16.2 Å². The van der Waals surface area contributed by atoms with E-state index in [9.17, 15) is 23.6 Å². The van der Waals surface area contributed by atoms with Crippen LogP contribution in [-0.4, -0.2) is 38.7 Å². The molecule has 4 amide bonds. The molecule has 1 aliphatic heterocycles. The number of nitrogens with zero attached hydrogens (tertiary/aromatic N) is 3. The maximum Gasteiger partial charge on any atom is 0.325 e.